The van der Waals surface area contributed by atoms with Crippen LogP contribution in [-0.2, 0) is 7.05 Å². The Morgan fingerprint density at radius 1 is 1.14 bits per heavy atom. The first-order valence-corrected chi connectivity index (χ1v) is 6.94. The predicted molar refractivity (Wildman–Crippen MR) is 86.9 cm³/mol. The molecule has 0 bridgehead atoms. The zero-order valence-corrected chi connectivity index (χ0v) is 12.4. The van der Waals surface area contributed by atoms with Crippen molar-refractivity contribution in [3.05, 3.63) is 65.5 Å². The molecule has 1 aromatic heterocycles. The molecule has 1 N–H and O–H groups in total. The fourth-order valence-electron chi connectivity index (χ4n) is 2.55. The second kappa shape index (κ2) is 5.38. The van der Waals surface area contributed by atoms with E-state index in [2.05, 4.69) is 11.1 Å². The molecule has 4 nitrogen and oxygen atoms in total. The van der Waals surface area contributed by atoms with Gasteiger partial charge in [0.05, 0.1) is 11.0 Å². The highest BCUT2D eigenvalue weighted by atomic mass is 16.3. The Balaban J connectivity index is 2.27. The van der Waals surface area contributed by atoms with Crippen LogP contribution in [-0.4, -0.2) is 14.7 Å². The van der Waals surface area contributed by atoms with Crippen LogP contribution in [0.5, 0.6) is 0 Å². The van der Waals surface area contributed by atoms with Crippen molar-refractivity contribution in [3.8, 4) is 6.07 Å². The zero-order valence-electron chi connectivity index (χ0n) is 12.4. The molecule has 0 atom stereocenters. The van der Waals surface area contributed by atoms with Crippen LogP contribution in [0.2, 0.25) is 0 Å². The molecular formula is C18H15N3O. The number of hydrogen-bond donors (Lipinski definition) is 1. The molecule has 4 heteroatoms. The Bertz CT molecular complexity index is 929. The normalized spacial score (nSPS) is 12.0. The number of aliphatic hydroxyl groups is 1. The molecule has 3 rings (SSSR count). The van der Waals surface area contributed by atoms with E-state index in [4.69, 9.17) is 0 Å². The summed E-state index contributed by atoms with van der Waals surface area (Å²) in [5.74, 6) is 0.420. The van der Waals surface area contributed by atoms with E-state index in [0.717, 1.165) is 16.6 Å². The van der Waals surface area contributed by atoms with Gasteiger partial charge in [-0.15, -0.1) is 0 Å². The van der Waals surface area contributed by atoms with Crippen molar-refractivity contribution in [3.63, 3.8) is 0 Å². The number of aliphatic hydroxyl groups excluding tert-OH is 1. The average Bonchev–Trinajstić information content (AvgIpc) is 2.86. The number of benzene rings is 2. The molecule has 0 saturated heterocycles. The van der Waals surface area contributed by atoms with Gasteiger partial charge in [-0.05, 0) is 24.6 Å². The molecule has 0 saturated carbocycles. The number of nitrogens with zero attached hydrogens (tertiary/aromatic N) is 3. The number of allylic oxidation sites excluding steroid dienone is 1. The van der Waals surface area contributed by atoms with E-state index < -0.39 is 0 Å². The quantitative estimate of drug-likeness (QED) is 0.576. The van der Waals surface area contributed by atoms with Crippen molar-refractivity contribution in [1.29, 1.82) is 5.26 Å². The summed E-state index contributed by atoms with van der Waals surface area (Å²) in [6.45, 7) is 1.90. The van der Waals surface area contributed by atoms with Gasteiger partial charge in [0.25, 0.3) is 0 Å². The third kappa shape index (κ3) is 2.13. The van der Waals surface area contributed by atoms with Crippen molar-refractivity contribution >= 4 is 22.4 Å². The van der Waals surface area contributed by atoms with Gasteiger partial charge in [0, 0.05) is 12.6 Å². The van der Waals surface area contributed by atoms with Gasteiger partial charge < -0.3 is 9.67 Å². The lowest BCUT2D eigenvalue weighted by molar-refractivity contribution is 0.513. The van der Waals surface area contributed by atoms with Crippen molar-refractivity contribution in [2.45, 2.75) is 6.92 Å². The van der Waals surface area contributed by atoms with Gasteiger partial charge >= 0.3 is 0 Å². The van der Waals surface area contributed by atoms with Gasteiger partial charge in [-0.1, -0.05) is 36.4 Å². The van der Waals surface area contributed by atoms with Gasteiger partial charge in [-0.25, -0.2) is 4.98 Å². The summed E-state index contributed by atoms with van der Waals surface area (Å²) in [4.78, 5) is 4.48. The molecule has 108 valence electrons. The topological polar surface area (TPSA) is 61.8 Å². The minimum Gasteiger partial charge on any atom is -0.506 e. The fraction of sp³-hybridized carbons (Fsp3) is 0.111. The lowest BCUT2D eigenvalue weighted by Crippen LogP contribution is -2.00. The van der Waals surface area contributed by atoms with E-state index in [9.17, 15) is 10.4 Å². The van der Waals surface area contributed by atoms with Crippen molar-refractivity contribution in [2.24, 2.45) is 7.05 Å². The number of para-hydroxylation sites is 2. The maximum atomic E-state index is 10.6. The molecule has 0 amide bonds. The molecule has 0 aliphatic carbocycles. The number of fused-ring (bicyclic) bond motifs is 1. The maximum absolute atomic E-state index is 10.6. The minimum absolute atomic E-state index is 0.0426. The van der Waals surface area contributed by atoms with E-state index >= 15 is 0 Å². The van der Waals surface area contributed by atoms with Crippen molar-refractivity contribution in [1.82, 2.24) is 9.55 Å². The second-order valence-electron chi connectivity index (χ2n) is 5.13. The monoisotopic (exact) mass is 289 g/mol. The van der Waals surface area contributed by atoms with Crippen LogP contribution < -0.4 is 0 Å². The largest absolute Gasteiger partial charge is 0.506 e. The lowest BCUT2D eigenvalue weighted by Gasteiger charge is -2.07. The average molecular weight is 289 g/mol. The number of nitriles is 1. The van der Waals surface area contributed by atoms with Crippen LogP contribution >= 0.6 is 0 Å². The minimum atomic E-state index is -0.0426. The van der Waals surface area contributed by atoms with Crippen LogP contribution in [0.25, 0.3) is 22.4 Å². The smallest absolute Gasteiger partial charge is 0.155 e. The Labute approximate surface area is 128 Å². The standard InChI is InChI=1S/C18H15N3O/c1-12-7-3-4-8-13(12)17(22)14(11-19)18-20-15-9-5-6-10-16(15)21(18)2/h3-10,22H,1-2H3. The van der Waals surface area contributed by atoms with E-state index in [-0.39, 0.29) is 11.3 Å². The molecule has 0 fully saturated rings. The zero-order chi connectivity index (χ0) is 15.7. The molecule has 0 radical (unpaired) electrons. The summed E-state index contributed by atoms with van der Waals surface area (Å²) in [5.41, 5.74) is 3.44. The summed E-state index contributed by atoms with van der Waals surface area (Å²) in [6.07, 6.45) is 0. The van der Waals surface area contributed by atoms with E-state index in [1.807, 2.05) is 61.0 Å². The lowest BCUT2D eigenvalue weighted by atomic mass is 10.0. The van der Waals surface area contributed by atoms with Gasteiger partial charge in [0.1, 0.15) is 17.4 Å². The van der Waals surface area contributed by atoms with Crippen molar-refractivity contribution in [2.75, 3.05) is 0 Å². The van der Waals surface area contributed by atoms with E-state index in [0.29, 0.717) is 11.4 Å². The van der Waals surface area contributed by atoms with Crippen LogP contribution in [0.3, 0.4) is 0 Å². The van der Waals surface area contributed by atoms with Gasteiger partial charge in [0.15, 0.2) is 5.82 Å². The molecule has 0 aliphatic heterocycles. The Morgan fingerprint density at radius 3 is 2.50 bits per heavy atom. The van der Waals surface area contributed by atoms with E-state index in [1.165, 1.54) is 0 Å². The maximum Gasteiger partial charge on any atom is 0.155 e. The first-order valence-electron chi connectivity index (χ1n) is 6.94. The summed E-state index contributed by atoms with van der Waals surface area (Å²) in [6, 6.07) is 17.2. The van der Waals surface area contributed by atoms with Crippen LogP contribution in [0.1, 0.15) is 17.0 Å². The number of hydrogen-bond acceptors (Lipinski definition) is 3. The summed E-state index contributed by atoms with van der Waals surface area (Å²) < 4.78 is 1.82. The third-order valence-electron chi connectivity index (χ3n) is 3.76. The van der Waals surface area contributed by atoms with Crippen LogP contribution in [0, 0.1) is 18.3 Å². The highest BCUT2D eigenvalue weighted by molar-refractivity contribution is 5.95. The Hall–Kier alpha value is -3.06. The van der Waals surface area contributed by atoms with Crippen LogP contribution in [0.15, 0.2) is 48.5 Å². The van der Waals surface area contributed by atoms with Gasteiger partial charge in [-0.2, -0.15) is 5.26 Å². The van der Waals surface area contributed by atoms with Gasteiger partial charge in [0.2, 0.25) is 0 Å². The molecule has 1 heterocycles. The predicted octanol–water partition coefficient (Wildman–Crippen LogP) is 3.83. The Morgan fingerprint density at radius 2 is 1.82 bits per heavy atom. The molecule has 0 aliphatic rings. The van der Waals surface area contributed by atoms with Crippen molar-refractivity contribution < 1.29 is 5.11 Å². The van der Waals surface area contributed by atoms with E-state index in [1.54, 1.807) is 6.07 Å². The van der Waals surface area contributed by atoms with Gasteiger partial charge in [-0.3, -0.25) is 0 Å². The summed E-state index contributed by atoms with van der Waals surface area (Å²) in [7, 11) is 1.84. The first-order chi connectivity index (χ1) is 10.6. The first kappa shape index (κ1) is 13.9. The number of aromatic nitrogens is 2. The summed E-state index contributed by atoms with van der Waals surface area (Å²) >= 11 is 0. The molecule has 0 spiro atoms. The molecular weight excluding hydrogens is 274 g/mol. The molecule has 22 heavy (non-hydrogen) atoms. The third-order valence-corrected chi connectivity index (χ3v) is 3.76. The summed E-state index contributed by atoms with van der Waals surface area (Å²) in [5, 5.41) is 20.1. The Kier molecular flexibility index (Phi) is 3.40. The molecule has 3 aromatic rings. The second-order valence-corrected chi connectivity index (χ2v) is 5.13. The number of imidazole rings is 1. The highest BCUT2D eigenvalue weighted by Crippen LogP contribution is 2.27. The van der Waals surface area contributed by atoms with Crippen LogP contribution in [0.4, 0.5) is 0 Å². The number of rotatable bonds is 2. The molecule has 0 unspecified atom stereocenters. The number of aryl methyl sites for hydroxylation is 2. The highest BCUT2D eigenvalue weighted by Gasteiger charge is 2.18. The molecule has 2 aromatic carbocycles. The SMILES string of the molecule is Cc1ccccc1C(O)=C(C#N)c1nc2ccccc2n1C. The fourth-order valence-corrected chi connectivity index (χ4v) is 2.55.